The summed E-state index contributed by atoms with van der Waals surface area (Å²) in [5.74, 6) is 1.00. The smallest absolute Gasteiger partial charge is 0.119 e. The van der Waals surface area contributed by atoms with Gasteiger partial charge in [-0.25, -0.2) is 0 Å². The highest BCUT2D eigenvalue weighted by Crippen LogP contribution is 2.16. The van der Waals surface area contributed by atoms with E-state index in [1.54, 1.807) is 0 Å². The summed E-state index contributed by atoms with van der Waals surface area (Å²) in [6.45, 7) is 9.62. The Morgan fingerprint density at radius 3 is 2.47 bits per heavy atom. The maximum atomic E-state index is 5.77. The van der Waals surface area contributed by atoms with Crippen molar-refractivity contribution in [3.05, 3.63) is 29.3 Å². The van der Waals surface area contributed by atoms with Crippen LogP contribution in [0.15, 0.2) is 18.2 Å². The molecule has 1 aromatic carbocycles. The zero-order valence-electron chi connectivity index (χ0n) is 12.8. The fourth-order valence-electron chi connectivity index (χ4n) is 1.95. The summed E-state index contributed by atoms with van der Waals surface area (Å²) in [6.07, 6.45) is 6.19. The van der Waals surface area contributed by atoms with Gasteiger partial charge in [0.2, 0.25) is 0 Å². The Morgan fingerprint density at radius 2 is 1.74 bits per heavy atom. The molecule has 0 saturated carbocycles. The van der Waals surface area contributed by atoms with E-state index < -0.39 is 0 Å². The van der Waals surface area contributed by atoms with Crippen LogP contribution in [0.4, 0.5) is 0 Å². The summed E-state index contributed by atoms with van der Waals surface area (Å²) in [4.78, 5) is 0. The summed E-state index contributed by atoms with van der Waals surface area (Å²) >= 11 is 0. The van der Waals surface area contributed by atoms with Crippen molar-refractivity contribution in [3.8, 4) is 5.75 Å². The Labute approximate surface area is 118 Å². The standard InChI is InChI=1S/C17H29NO/c1-4-5-11-18-12-7-6-8-13-19-17-10-9-15(2)16(3)14-17/h9-10,14,18H,4-8,11-13H2,1-3H3. The van der Waals surface area contributed by atoms with Gasteiger partial charge in [-0.2, -0.15) is 0 Å². The van der Waals surface area contributed by atoms with E-state index in [4.69, 9.17) is 4.74 Å². The maximum absolute atomic E-state index is 5.77. The Balaban J connectivity index is 2.00. The van der Waals surface area contributed by atoms with Gasteiger partial charge in [-0.05, 0) is 75.9 Å². The number of unbranched alkanes of at least 4 members (excludes halogenated alkanes) is 3. The molecule has 0 saturated heterocycles. The van der Waals surface area contributed by atoms with Crippen LogP contribution in [-0.2, 0) is 0 Å². The molecule has 1 N–H and O–H groups in total. The fraction of sp³-hybridized carbons (Fsp3) is 0.647. The van der Waals surface area contributed by atoms with Gasteiger partial charge < -0.3 is 10.1 Å². The molecule has 1 rings (SSSR count). The van der Waals surface area contributed by atoms with E-state index in [0.717, 1.165) is 31.9 Å². The van der Waals surface area contributed by atoms with Crippen LogP contribution in [0.5, 0.6) is 5.75 Å². The third-order valence-corrected chi connectivity index (χ3v) is 3.45. The topological polar surface area (TPSA) is 21.3 Å². The average molecular weight is 263 g/mol. The number of aryl methyl sites for hydroxylation is 2. The van der Waals surface area contributed by atoms with Gasteiger partial charge >= 0.3 is 0 Å². The van der Waals surface area contributed by atoms with Crippen LogP contribution in [0.3, 0.4) is 0 Å². The molecule has 2 nitrogen and oxygen atoms in total. The molecular formula is C17H29NO. The predicted molar refractivity (Wildman–Crippen MR) is 83.0 cm³/mol. The van der Waals surface area contributed by atoms with Crippen molar-refractivity contribution in [1.29, 1.82) is 0 Å². The zero-order valence-corrected chi connectivity index (χ0v) is 12.8. The normalized spacial score (nSPS) is 10.7. The molecule has 0 amide bonds. The van der Waals surface area contributed by atoms with Crippen LogP contribution in [-0.4, -0.2) is 19.7 Å². The average Bonchev–Trinajstić information content (AvgIpc) is 2.41. The molecule has 2 heteroatoms. The fourth-order valence-corrected chi connectivity index (χ4v) is 1.95. The van der Waals surface area contributed by atoms with E-state index in [9.17, 15) is 0 Å². The van der Waals surface area contributed by atoms with Gasteiger partial charge in [0.15, 0.2) is 0 Å². The van der Waals surface area contributed by atoms with Crippen molar-refractivity contribution in [1.82, 2.24) is 5.32 Å². The first-order chi connectivity index (χ1) is 9.24. The van der Waals surface area contributed by atoms with E-state index in [1.165, 1.54) is 36.8 Å². The number of hydrogen-bond acceptors (Lipinski definition) is 2. The number of ether oxygens (including phenoxy) is 1. The second-order valence-electron chi connectivity index (χ2n) is 5.26. The Bertz CT molecular complexity index is 349. The SMILES string of the molecule is CCCCNCCCCCOc1ccc(C)c(C)c1. The molecule has 108 valence electrons. The zero-order chi connectivity index (χ0) is 13.9. The molecule has 0 aromatic heterocycles. The molecule has 0 unspecified atom stereocenters. The van der Waals surface area contributed by atoms with E-state index in [1.807, 2.05) is 0 Å². The van der Waals surface area contributed by atoms with Crippen molar-refractivity contribution in [2.24, 2.45) is 0 Å². The van der Waals surface area contributed by atoms with Gasteiger partial charge in [0.05, 0.1) is 6.61 Å². The number of rotatable bonds is 10. The van der Waals surface area contributed by atoms with Crippen LogP contribution in [0.2, 0.25) is 0 Å². The second-order valence-corrected chi connectivity index (χ2v) is 5.26. The van der Waals surface area contributed by atoms with Gasteiger partial charge in [-0.3, -0.25) is 0 Å². The molecule has 0 heterocycles. The first kappa shape index (κ1) is 16.0. The van der Waals surface area contributed by atoms with E-state index >= 15 is 0 Å². The Kier molecular flexibility index (Phi) is 8.31. The van der Waals surface area contributed by atoms with Gasteiger partial charge in [0, 0.05) is 0 Å². The largest absolute Gasteiger partial charge is 0.494 e. The molecule has 0 spiro atoms. The summed E-state index contributed by atoms with van der Waals surface area (Å²) < 4.78 is 5.77. The van der Waals surface area contributed by atoms with E-state index in [0.29, 0.717) is 0 Å². The number of benzene rings is 1. The van der Waals surface area contributed by atoms with Gasteiger partial charge in [0.1, 0.15) is 5.75 Å². The van der Waals surface area contributed by atoms with Crippen molar-refractivity contribution in [2.75, 3.05) is 19.7 Å². The minimum atomic E-state index is 0.831. The quantitative estimate of drug-likeness (QED) is 0.637. The lowest BCUT2D eigenvalue weighted by Crippen LogP contribution is -2.16. The minimum absolute atomic E-state index is 0.831. The summed E-state index contributed by atoms with van der Waals surface area (Å²) in [5.41, 5.74) is 2.63. The monoisotopic (exact) mass is 263 g/mol. The highest BCUT2D eigenvalue weighted by Gasteiger charge is 1.97. The molecule has 0 aliphatic rings. The molecule has 0 bridgehead atoms. The summed E-state index contributed by atoms with van der Waals surface area (Å²) in [5, 5.41) is 3.47. The first-order valence-electron chi connectivity index (χ1n) is 7.65. The van der Waals surface area contributed by atoms with Crippen molar-refractivity contribution >= 4 is 0 Å². The van der Waals surface area contributed by atoms with Crippen LogP contribution in [0.25, 0.3) is 0 Å². The van der Waals surface area contributed by atoms with E-state index in [-0.39, 0.29) is 0 Å². The molecule has 19 heavy (non-hydrogen) atoms. The molecule has 1 aromatic rings. The summed E-state index contributed by atoms with van der Waals surface area (Å²) in [7, 11) is 0. The third-order valence-electron chi connectivity index (χ3n) is 3.45. The van der Waals surface area contributed by atoms with Gasteiger partial charge in [-0.1, -0.05) is 19.4 Å². The molecule has 0 aliphatic heterocycles. The van der Waals surface area contributed by atoms with Crippen LogP contribution in [0, 0.1) is 13.8 Å². The van der Waals surface area contributed by atoms with Gasteiger partial charge in [0.25, 0.3) is 0 Å². The molecular weight excluding hydrogens is 234 g/mol. The second kappa shape index (κ2) is 9.85. The van der Waals surface area contributed by atoms with Gasteiger partial charge in [-0.15, -0.1) is 0 Å². The first-order valence-corrected chi connectivity index (χ1v) is 7.65. The van der Waals surface area contributed by atoms with Crippen molar-refractivity contribution in [3.63, 3.8) is 0 Å². The molecule has 0 aliphatic carbocycles. The maximum Gasteiger partial charge on any atom is 0.119 e. The van der Waals surface area contributed by atoms with Crippen LogP contribution < -0.4 is 10.1 Å². The minimum Gasteiger partial charge on any atom is -0.494 e. The van der Waals surface area contributed by atoms with Crippen molar-refractivity contribution < 1.29 is 4.74 Å². The highest BCUT2D eigenvalue weighted by molar-refractivity contribution is 5.33. The molecule has 0 radical (unpaired) electrons. The number of hydrogen-bond donors (Lipinski definition) is 1. The van der Waals surface area contributed by atoms with Crippen LogP contribution >= 0.6 is 0 Å². The molecule has 0 fully saturated rings. The molecule has 0 atom stereocenters. The Hall–Kier alpha value is -1.02. The highest BCUT2D eigenvalue weighted by atomic mass is 16.5. The Morgan fingerprint density at radius 1 is 0.947 bits per heavy atom. The predicted octanol–water partition coefficient (Wildman–Crippen LogP) is 4.24. The summed E-state index contributed by atoms with van der Waals surface area (Å²) in [6, 6.07) is 6.32. The van der Waals surface area contributed by atoms with Crippen molar-refractivity contribution in [2.45, 2.75) is 52.9 Å². The van der Waals surface area contributed by atoms with Crippen LogP contribution in [0.1, 0.15) is 50.2 Å². The third kappa shape index (κ3) is 7.22. The lowest BCUT2D eigenvalue weighted by Gasteiger charge is -2.08. The lowest BCUT2D eigenvalue weighted by molar-refractivity contribution is 0.304. The van der Waals surface area contributed by atoms with E-state index in [2.05, 4.69) is 44.3 Å². The number of nitrogens with one attached hydrogen (secondary N) is 1. The lowest BCUT2D eigenvalue weighted by atomic mass is 10.1.